The van der Waals surface area contributed by atoms with E-state index in [2.05, 4.69) is 20.8 Å². The van der Waals surface area contributed by atoms with Gasteiger partial charge in [0.05, 0.1) is 17.3 Å². The van der Waals surface area contributed by atoms with Gasteiger partial charge in [-0.1, -0.05) is 20.8 Å². The highest BCUT2D eigenvalue weighted by Crippen LogP contribution is 2.56. The first kappa shape index (κ1) is 9.47. The molecule has 0 aromatic rings. The Balaban J connectivity index is 2.32. The molecule has 4 atom stereocenters. The summed E-state index contributed by atoms with van der Waals surface area (Å²) in [5, 5.41) is 9.89. The topological polar surface area (TPSA) is 29.5 Å². The highest BCUT2D eigenvalue weighted by Gasteiger charge is 2.63. The van der Waals surface area contributed by atoms with Gasteiger partial charge in [0.25, 0.3) is 0 Å². The minimum atomic E-state index is -0.260. The van der Waals surface area contributed by atoms with E-state index in [1.54, 1.807) is 0 Å². The standard InChI is InChI=1S/C11H20O2/c1-7(2)11-6-9(12)10(4,13-11)5-8(11)3/h7-9,12H,5-6H2,1-4H3/t8?,9-,10+,11-/m1/s1. The van der Waals surface area contributed by atoms with Crippen LogP contribution in [0.4, 0.5) is 0 Å². The van der Waals surface area contributed by atoms with E-state index in [1.807, 2.05) is 6.92 Å². The van der Waals surface area contributed by atoms with E-state index < -0.39 is 0 Å². The van der Waals surface area contributed by atoms with Crippen molar-refractivity contribution in [3.05, 3.63) is 0 Å². The third-order valence-corrected chi connectivity index (χ3v) is 4.16. The molecule has 0 saturated carbocycles. The Morgan fingerprint density at radius 2 is 2.00 bits per heavy atom. The Labute approximate surface area is 80.3 Å². The third-order valence-electron chi connectivity index (χ3n) is 4.16. The van der Waals surface area contributed by atoms with Crippen molar-refractivity contribution in [2.24, 2.45) is 11.8 Å². The molecule has 13 heavy (non-hydrogen) atoms. The number of rotatable bonds is 1. The molecule has 2 aliphatic heterocycles. The molecule has 1 unspecified atom stereocenters. The van der Waals surface area contributed by atoms with E-state index >= 15 is 0 Å². The lowest BCUT2D eigenvalue weighted by atomic mass is 9.69. The summed E-state index contributed by atoms with van der Waals surface area (Å²) in [6.45, 7) is 8.68. The van der Waals surface area contributed by atoms with E-state index in [1.165, 1.54) is 0 Å². The van der Waals surface area contributed by atoms with Gasteiger partial charge in [0, 0.05) is 6.42 Å². The zero-order valence-corrected chi connectivity index (χ0v) is 9.00. The number of aliphatic hydroxyl groups excluding tert-OH is 1. The highest BCUT2D eigenvalue weighted by atomic mass is 16.6. The molecule has 1 N–H and O–H groups in total. The zero-order valence-electron chi connectivity index (χ0n) is 9.00. The van der Waals surface area contributed by atoms with Crippen molar-refractivity contribution in [3.8, 4) is 0 Å². The second kappa shape index (κ2) is 2.48. The second-order valence-electron chi connectivity index (χ2n) is 5.35. The van der Waals surface area contributed by atoms with Crippen molar-refractivity contribution in [3.63, 3.8) is 0 Å². The monoisotopic (exact) mass is 184 g/mol. The minimum absolute atomic E-state index is 0.0475. The Kier molecular flexibility index (Phi) is 1.81. The van der Waals surface area contributed by atoms with Crippen LogP contribution >= 0.6 is 0 Å². The van der Waals surface area contributed by atoms with Crippen molar-refractivity contribution in [1.29, 1.82) is 0 Å². The highest BCUT2D eigenvalue weighted by molar-refractivity contribution is 5.12. The lowest BCUT2D eigenvalue weighted by Crippen LogP contribution is -2.42. The molecule has 0 radical (unpaired) electrons. The lowest BCUT2D eigenvalue weighted by molar-refractivity contribution is -0.0870. The van der Waals surface area contributed by atoms with E-state index in [0.29, 0.717) is 11.8 Å². The molecule has 0 amide bonds. The molecule has 2 nitrogen and oxygen atoms in total. The minimum Gasteiger partial charge on any atom is -0.390 e. The average molecular weight is 184 g/mol. The molecule has 2 heterocycles. The fraction of sp³-hybridized carbons (Fsp3) is 1.00. The molecule has 0 aliphatic carbocycles. The van der Waals surface area contributed by atoms with E-state index in [0.717, 1.165) is 12.8 Å². The summed E-state index contributed by atoms with van der Waals surface area (Å²) in [5.41, 5.74) is -0.308. The molecule has 76 valence electrons. The van der Waals surface area contributed by atoms with Gasteiger partial charge < -0.3 is 9.84 Å². The number of hydrogen-bond donors (Lipinski definition) is 1. The van der Waals surface area contributed by atoms with Crippen molar-refractivity contribution in [2.45, 2.75) is 57.8 Å². The molecule has 2 aliphatic rings. The molecule has 2 bridgehead atoms. The normalized spacial score (nSPS) is 54.9. The van der Waals surface area contributed by atoms with Crippen LogP contribution in [0.3, 0.4) is 0 Å². The van der Waals surface area contributed by atoms with Gasteiger partial charge in [0.15, 0.2) is 0 Å². The predicted octanol–water partition coefficient (Wildman–Crippen LogP) is 1.96. The SMILES string of the molecule is CC(C)[C@]12C[C@@H](O)[C@](C)(CC1C)O2. The molecular formula is C11H20O2. The molecule has 2 fully saturated rings. The molecule has 2 saturated heterocycles. The van der Waals surface area contributed by atoms with Crippen LogP contribution < -0.4 is 0 Å². The number of fused-ring (bicyclic) bond motifs is 2. The van der Waals surface area contributed by atoms with Gasteiger partial charge in [0.1, 0.15) is 0 Å². The summed E-state index contributed by atoms with van der Waals surface area (Å²) >= 11 is 0. The second-order valence-corrected chi connectivity index (χ2v) is 5.35. The lowest BCUT2D eigenvalue weighted by Gasteiger charge is -2.35. The van der Waals surface area contributed by atoms with Crippen molar-refractivity contribution < 1.29 is 9.84 Å². The Hall–Kier alpha value is -0.0800. The van der Waals surface area contributed by atoms with Gasteiger partial charge in [-0.25, -0.2) is 0 Å². The molecular weight excluding hydrogens is 164 g/mol. The quantitative estimate of drug-likeness (QED) is 0.675. The number of hydrogen-bond acceptors (Lipinski definition) is 2. The molecule has 0 aromatic heterocycles. The smallest absolute Gasteiger partial charge is 0.0924 e. The van der Waals surface area contributed by atoms with Crippen molar-refractivity contribution in [2.75, 3.05) is 0 Å². The zero-order chi connectivity index (χ0) is 9.85. The summed E-state index contributed by atoms with van der Waals surface area (Å²) in [6.07, 6.45) is 1.57. The summed E-state index contributed by atoms with van der Waals surface area (Å²) in [7, 11) is 0. The third kappa shape index (κ3) is 1.02. The summed E-state index contributed by atoms with van der Waals surface area (Å²) in [6, 6.07) is 0. The fourth-order valence-electron chi connectivity index (χ4n) is 3.24. The Morgan fingerprint density at radius 1 is 1.38 bits per heavy atom. The molecule has 0 spiro atoms. The first-order valence-electron chi connectivity index (χ1n) is 5.29. The summed E-state index contributed by atoms with van der Waals surface area (Å²) in [4.78, 5) is 0. The average Bonchev–Trinajstić information content (AvgIpc) is 2.37. The van der Waals surface area contributed by atoms with E-state index in [9.17, 15) is 5.11 Å². The van der Waals surface area contributed by atoms with Gasteiger partial charge in [-0.05, 0) is 25.2 Å². The maximum Gasteiger partial charge on any atom is 0.0924 e. The number of ether oxygens (including phenoxy) is 1. The van der Waals surface area contributed by atoms with E-state index in [4.69, 9.17) is 4.74 Å². The van der Waals surface area contributed by atoms with Crippen LogP contribution in [0.2, 0.25) is 0 Å². The van der Waals surface area contributed by atoms with Gasteiger partial charge in [0.2, 0.25) is 0 Å². The van der Waals surface area contributed by atoms with Crippen LogP contribution in [0.1, 0.15) is 40.5 Å². The predicted molar refractivity (Wildman–Crippen MR) is 51.5 cm³/mol. The van der Waals surface area contributed by atoms with Crippen LogP contribution in [-0.2, 0) is 4.74 Å². The largest absolute Gasteiger partial charge is 0.390 e. The van der Waals surface area contributed by atoms with Crippen LogP contribution in [0.5, 0.6) is 0 Å². The van der Waals surface area contributed by atoms with Gasteiger partial charge in [-0.15, -0.1) is 0 Å². The van der Waals surface area contributed by atoms with E-state index in [-0.39, 0.29) is 17.3 Å². The van der Waals surface area contributed by atoms with Crippen LogP contribution in [0.15, 0.2) is 0 Å². The summed E-state index contributed by atoms with van der Waals surface area (Å²) < 4.78 is 6.08. The van der Waals surface area contributed by atoms with Gasteiger partial charge in [-0.2, -0.15) is 0 Å². The maximum absolute atomic E-state index is 9.89. The van der Waals surface area contributed by atoms with Crippen LogP contribution in [0, 0.1) is 11.8 Å². The first-order valence-corrected chi connectivity index (χ1v) is 5.29. The molecule has 2 heteroatoms. The summed E-state index contributed by atoms with van der Waals surface area (Å²) in [5.74, 6) is 1.09. The van der Waals surface area contributed by atoms with Crippen molar-refractivity contribution >= 4 is 0 Å². The Morgan fingerprint density at radius 3 is 2.31 bits per heavy atom. The van der Waals surface area contributed by atoms with Crippen molar-refractivity contribution in [1.82, 2.24) is 0 Å². The number of aliphatic hydroxyl groups is 1. The Bertz CT molecular complexity index is 226. The van der Waals surface area contributed by atoms with Gasteiger partial charge in [-0.3, -0.25) is 0 Å². The fourth-order valence-corrected chi connectivity index (χ4v) is 3.24. The molecule has 0 aromatic carbocycles. The maximum atomic E-state index is 9.89. The van der Waals surface area contributed by atoms with Gasteiger partial charge >= 0.3 is 0 Å². The first-order chi connectivity index (χ1) is 5.91. The van der Waals surface area contributed by atoms with Crippen LogP contribution in [0.25, 0.3) is 0 Å². The molecule has 2 rings (SSSR count). The van der Waals surface area contributed by atoms with Crippen LogP contribution in [-0.4, -0.2) is 22.4 Å².